The number of aliphatic carboxylic acids is 1. The van der Waals surface area contributed by atoms with E-state index < -0.39 is 12.0 Å². The predicted octanol–water partition coefficient (Wildman–Crippen LogP) is 0.652. The number of carboxylic acid groups (broad SMARTS) is 1. The Morgan fingerprint density at radius 2 is 2.06 bits per heavy atom. The molecular weight excluding hydrogens is 234 g/mol. The lowest BCUT2D eigenvalue weighted by Gasteiger charge is -2.10. The first-order chi connectivity index (χ1) is 8.36. The van der Waals surface area contributed by atoms with Crippen LogP contribution in [0, 0.1) is 13.8 Å². The molecule has 6 nitrogen and oxygen atoms in total. The van der Waals surface area contributed by atoms with Gasteiger partial charge in [-0.2, -0.15) is 5.10 Å². The van der Waals surface area contributed by atoms with Crippen LogP contribution in [0.15, 0.2) is 0 Å². The summed E-state index contributed by atoms with van der Waals surface area (Å²) in [6.07, 6.45) is 0.866. The summed E-state index contributed by atoms with van der Waals surface area (Å²) in [5.41, 5.74) is 3.00. The number of hydrogen-bond donors (Lipinski definition) is 2. The summed E-state index contributed by atoms with van der Waals surface area (Å²) in [5.74, 6) is -1.40. The lowest BCUT2D eigenvalue weighted by atomic mass is 10.1. The van der Waals surface area contributed by atoms with Crippen LogP contribution in [0.3, 0.4) is 0 Å². The van der Waals surface area contributed by atoms with Crippen LogP contribution in [0.1, 0.15) is 30.8 Å². The maximum Gasteiger partial charge on any atom is 0.325 e. The Kier molecular flexibility index (Phi) is 4.47. The minimum atomic E-state index is -1.05. The molecule has 0 radical (unpaired) electrons. The third-order valence-corrected chi connectivity index (χ3v) is 2.93. The van der Waals surface area contributed by atoms with Crippen molar-refractivity contribution in [2.75, 3.05) is 0 Å². The number of nitrogens with zero attached hydrogens (tertiary/aromatic N) is 2. The van der Waals surface area contributed by atoms with E-state index in [4.69, 9.17) is 5.11 Å². The molecule has 0 saturated heterocycles. The lowest BCUT2D eigenvalue weighted by Crippen LogP contribution is -2.40. The minimum Gasteiger partial charge on any atom is -0.480 e. The first-order valence-electron chi connectivity index (χ1n) is 5.91. The Balaban J connectivity index is 2.74. The van der Waals surface area contributed by atoms with Gasteiger partial charge in [0.25, 0.3) is 0 Å². The standard InChI is InChI=1S/C12H19N3O3/c1-5-10-7(2)14-15(9(10)4)6-11(16)13-8(3)12(17)18/h8H,5-6H2,1-4H3,(H,13,16)(H,17,18)/t8-/m0/s1. The second-order valence-corrected chi connectivity index (χ2v) is 4.29. The van der Waals surface area contributed by atoms with Crippen LogP contribution in [0.4, 0.5) is 0 Å². The lowest BCUT2D eigenvalue weighted by molar-refractivity contribution is -0.141. The number of rotatable bonds is 5. The van der Waals surface area contributed by atoms with Gasteiger partial charge in [0.15, 0.2) is 0 Å². The van der Waals surface area contributed by atoms with E-state index in [1.165, 1.54) is 6.92 Å². The highest BCUT2D eigenvalue weighted by Crippen LogP contribution is 2.13. The predicted molar refractivity (Wildman–Crippen MR) is 66.3 cm³/mol. The average Bonchev–Trinajstić information content (AvgIpc) is 2.53. The quantitative estimate of drug-likeness (QED) is 0.807. The average molecular weight is 253 g/mol. The summed E-state index contributed by atoms with van der Waals surface area (Å²) in [7, 11) is 0. The minimum absolute atomic E-state index is 0.0459. The van der Waals surface area contributed by atoms with Gasteiger partial charge in [-0.15, -0.1) is 0 Å². The second kappa shape index (κ2) is 5.66. The molecule has 0 aromatic carbocycles. The Bertz CT molecular complexity index is 465. The number of carbonyl (C=O) groups excluding carboxylic acids is 1. The van der Waals surface area contributed by atoms with Crippen LogP contribution in [0.2, 0.25) is 0 Å². The van der Waals surface area contributed by atoms with Crippen molar-refractivity contribution in [2.45, 2.75) is 46.7 Å². The highest BCUT2D eigenvalue weighted by molar-refractivity contribution is 5.83. The molecule has 1 aromatic rings. The fourth-order valence-corrected chi connectivity index (χ4v) is 1.88. The molecular formula is C12H19N3O3. The monoisotopic (exact) mass is 253 g/mol. The summed E-state index contributed by atoms with van der Waals surface area (Å²) in [6.45, 7) is 7.32. The third-order valence-electron chi connectivity index (χ3n) is 2.93. The van der Waals surface area contributed by atoms with Crippen molar-refractivity contribution < 1.29 is 14.7 Å². The zero-order valence-electron chi connectivity index (χ0n) is 11.1. The first kappa shape index (κ1) is 14.2. The maximum atomic E-state index is 11.7. The van der Waals surface area contributed by atoms with Crippen LogP contribution in [0.5, 0.6) is 0 Å². The van der Waals surface area contributed by atoms with E-state index in [1.807, 2.05) is 20.8 Å². The number of aromatic nitrogens is 2. The van der Waals surface area contributed by atoms with Gasteiger partial charge in [-0.1, -0.05) is 6.92 Å². The summed E-state index contributed by atoms with van der Waals surface area (Å²) in [6, 6.07) is -0.889. The second-order valence-electron chi connectivity index (χ2n) is 4.29. The Hall–Kier alpha value is -1.85. The maximum absolute atomic E-state index is 11.7. The molecule has 0 spiro atoms. The molecule has 100 valence electrons. The molecule has 0 unspecified atom stereocenters. The van der Waals surface area contributed by atoms with Gasteiger partial charge in [0, 0.05) is 5.69 Å². The summed E-state index contributed by atoms with van der Waals surface area (Å²) in [4.78, 5) is 22.3. The van der Waals surface area contributed by atoms with Crippen LogP contribution < -0.4 is 5.32 Å². The highest BCUT2D eigenvalue weighted by atomic mass is 16.4. The van der Waals surface area contributed by atoms with Crippen LogP contribution >= 0.6 is 0 Å². The van der Waals surface area contributed by atoms with E-state index in [-0.39, 0.29) is 12.5 Å². The SMILES string of the molecule is CCc1c(C)nn(CC(=O)N[C@@H](C)C(=O)O)c1C. The van der Waals surface area contributed by atoms with Gasteiger partial charge in [-0.05, 0) is 32.8 Å². The largest absolute Gasteiger partial charge is 0.480 e. The molecule has 1 rings (SSSR count). The number of amides is 1. The smallest absolute Gasteiger partial charge is 0.325 e. The number of carboxylic acids is 1. The van der Waals surface area contributed by atoms with Gasteiger partial charge in [-0.3, -0.25) is 14.3 Å². The molecule has 1 heterocycles. The molecule has 1 aromatic heterocycles. The van der Waals surface area contributed by atoms with Crippen molar-refractivity contribution >= 4 is 11.9 Å². The van der Waals surface area contributed by atoms with Gasteiger partial charge < -0.3 is 10.4 Å². The van der Waals surface area contributed by atoms with E-state index >= 15 is 0 Å². The number of nitrogens with one attached hydrogen (secondary N) is 1. The van der Waals surface area contributed by atoms with Gasteiger partial charge in [0.05, 0.1) is 5.69 Å². The van der Waals surface area contributed by atoms with Gasteiger partial charge >= 0.3 is 5.97 Å². The van der Waals surface area contributed by atoms with E-state index in [0.717, 1.165) is 23.4 Å². The Labute approximate surface area is 106 Å². The normalized spacial score (nSPS) is 12.2. The van der Waals surface area contributed by atoms with Crippen molar-refractivity contribution in [3.05, 3.63) is 17.0 Å². The highest BCUT2D eigenvalue weighted by Gasteiger charge is 2.16. The molecule has 0 aliphatic rings. The van der Waals surface area contributed by atoms with Crippen molar-refractivity contribution in [2.24, 2.45) is 0 Å². The van der Waals surface area contributed by atoms with Crippen LogP contribution in [-0.2, 0) is 22.6 Å². The van der Waals surface area contributed by atoms with Crippen molar-refractivity contribution in [3.63, 3.8) is 0 Å². The zero-order valence-corrected chi connectivity index (χ0v) is 11.1. The van der Waals surface area contributed by atoms with Crippen molar-refractivity contribution in [1.82, 2.24) is 15.1 Å². The molecule has 0 aliphatic carbocycles. The fourth-order valence-electron chi connectivity index (χ4n) is 1.88. The molecule has 6 heteroatoms. The van der Waals surface area contributed by atoms with Gasteiger partial charge in [0.2, 0.25) is 5.91 Å². The molecule has 0 fully saturated rings. The molecule has 0 saturated carbocycles. The van der Waals surface area contributed by atoms with Crippen molar-refractivity contribution in [1.29, 1.82) is 0 Å². The Morgan fingerprint density at radius 3 is 2.50 bits per heavy atom. The number of aryl methyl sites for hydroxylation is 1. The van der Waals surface area contributed by atoms with E-state index in [0.29, 0.717) is 0 Å². The topological polar surface area (TPSA) is 84.2 Å². The van der Waals surface area contributed by atoms with E-state index in [2.05, 4.69) is 10.4 Å². The molecule has 1 atom stereocenters. The van der Waals surface area contributed by atoms with E-state index in [1.54, 1.807) is 4.68 Å². The van der Waals surface area contributed by atoms with Crippen LogP contribution in [-0.4, -0.2) is 32.8 Å². The number of hydrogen-bond acceptors (Lipinski definition) is 3. The van der Waals surface area contributed by atoms with Gasteiger partial charge in [-0.25, -0.2) is 0 Å². The summed E-state index contributed by atoms with van der Waals surface area (Å²) < 4.78 is 1.61. The first-order valence-corrected chi connectivity index (χ1v) is 5.91. The molecule has 0 aliphatic heterocycles. The Morgan fingerprint density at radius 1 is 1.44 bits per heavy atom. The summed E-state index contributed by atoms with van der Waals surface area (Å²) >= 11 is 0. The molecule has 18 heavy (non-hydrogen) atoms. The van der Waals surface area contributed by atoms with Crippen LogP contribution in [0.25, 0.3) is 0 Å². The van der Waals surface area contributed by atoms with Crippen molar-refractivity contribution in [3.8, 4) is 0 Å². The molecule has 1 amide bonds. The molecule has 0 bridgehead atoms. The third kappa shape index (κ3) is 3.09. The fraction of sp³-hybridized carbons (Fsp3) is 0.583. The van der Waals surface area contributed by atoms with Gasteiger partial charge in [0.1, 0.15) is 12.6 Å². The number of carbonyl (C=O) groups is 2. The summed E-state index contributed by atoms with van der Waals surface area (Å²) in [5, 5.41) is 15.4. The molecule has 2 N–H and O–H groups in total. The van der Waals surface area contributed by atoms with E-state index in [9.17, 15) is 9.59 Å². The zero-order chi connectivity index (χ0) is 13.9.